The van der Waals surface area contributed by atoms with Gasteiger partial charge in [0.15, 0.2) is 5.75 Å². The summed E-state index contributed by atoms with van der Waals surface area (Å²) in [5, 5.41) is 7.07. The lowest BCUT2D eigenvalue weighted by Gasteiger charge is -2.14. The average Bonchev–Trinajstić information content (AvgIpc) is 3.17. The van der Waals surface area contributed by atoms with E-state index < -0.39 is 0 Å². The smallest absolute Gasteiger partial charge is 0.251 e. The SMILES string of the molecule is CCn1ncnc1C(C)NC(=O)c1ccc(-c2nccc(N)c2OC)cc1. The van der Waals surface area contributed by atoms with Crippen molar-refractivity contribution < 1.29 is 9.53 Å². The van der Waals surface area contributed by atoms with E-state index in [2.05, 4.69) is 20.4 Å². The van der Waals surface area contributed by atoms with Gasteiger partial charge in [-0.2, -0.15) is 5.10 Å². The third-order valence-corrected chi connectivity index (χ3v) is 4.24. The Balaban J connectivity index is 1.77. The number of benzene rings is 1. The minimum Gasteiger partial charge on any atom is -0.492 e. The predicted molar refractivity (Wildman–Crippen MR) is 102 cm³/mol. The first-order valence-corrected chi connectivity index (χ1v) is 8.62. The van der Waals surface area contributed by atoms with E-state index in [4.69, 9.17) is 10.5 Å². The molecule has 8 nitrogen and oxygen atoms in total. The molecule has 2 aromatic heterocycles. The summed E-state index contributed by atoms with van der Waals surface area (Å²) in [6.07, 6.45) is 3.11. The second-order valence-electron chi connectivity index (χ2n) is 5.99. The molecule has 1 atom stereocenters. The van der Waals surface area contributed by atoms with Crippen LogP contribution in [-0.2, 0) is 6.54 Å². The van der Waals surface area contributed by atoms with Gasteiger partial charge in [0.25, 0.3) is 5.91 Å². The largest absolute Gasteiger partial charge is 0.492 e. The fraction of sp³-hybridized carbons (Fsp3) is 0.263. The Morgan fingerprint density at radius 1 is 1.26 bits per heavy atom. The van der Waals surface area contributed by atoms with Crippen molar-refractivity contribution in [3.05, 3.63) is 54.2 Å². The molecule has 1 amide bonds. The van der Waals surface area contributed by atoms with Gasteiger partial charge in [0.1, 0.15) is 17.8 Å². The molecule has 3 aromatic rings. The Labute approximate surface area is 157 Å². The molecule has 0 aliphatic heterocycles. The average molecular weight is 366 g/mol. The van der Waals surface area contributed by atoms with Crippen LogP contribution in [0.4, 0.5) is 5.69 Å². The molecule has 1 unspecified atom stereocenters. The lowest BCUT2D eigenvalue weighted by atomic mass is 10.1. The zero-order chi connectivity index (χ0) is 19.4. The maximum atomic E-state index is 12.5. The molecule has 0 saturated heterocycles. The van der Waals surface area contributed by atoms with Crippen LogP contribution in [0.5, 0.6) is 5.75 Å². The van der Waals surface area contributed by atoms with Gasteiger partial charge in [-0.15, -0.1) is 0 Å². The van der Waals surface area contributed by atoms with E-state index in [1.807, 2.05) is 26.0 Å². The topological polar surface area (TPSA) is 108 Å². The van der Waals surface area contributed by atoms with Crippen molar-refractivity contribution in [1.82, 2.24) is 25.1 Å². The van der Waals surface area contributed by atoms with Gasteiger partial charge in [-0.05, 0) is 32.0 Å². The molecule has 0 fully saturated rings. The van der Waals surface area contributed by atoms with E-state index >= 15 is 0 Å². The first-order chi connectivity index (χ1) is 13.0. The summed E-state index contributed by atoms with van der Waals surface area (Å²) < 4.78 is 7.10. The molecule has 0 saturated carbocycles. The highest BCUT2D eigenvalue weighted by molar-refractivity contribution is 5.95. The number of pyridine rings is 1. The van der Waals surface area contributed by atoms with Crippen LogP contribution in [0.2, 0.25) is 0 Å². The van der Waals surface area contributed by atoms with Crippen molar-refractivity contribution in [3.8, 4) is 17.0 Å². The third-order valence-electron chi connectivity index (χ3n) is 4.24. The number of rotatable bonds is 6. The van der Waals surface area contributed by atoms with Gasteiger partial charge in [0.2, 0.25) is 0 Å². The Bertz CT molecular complexity index is 936. The lowest BCUT2D eigenvalue weighted by Crippen LogP contribution is -2.28. The maximum absolute atomic E-state index is 12.5. The highest BCUT2D eigenvalue weighted by atomic mass is 16.5. The van der Waals surface area contributed by atoms with Crippen molar-refractivity contribution in [3.63, 3.8) is 0 Å². The van der Waals surface area contributed by atoms with E-state index in [1.54, 1.807) is 36.2 Å². The number of nitrogens with two attached hydrogens (primary N) is 1. The maximum Gasteiger partial charge on any atom is 0.251 e. The number of carbonyl (C=O) groups is 1. The van der Waals surface area contributed by atoms with Crippen LogP contribution in [0, 0.1) is 0 Å². The molecule has 2 heterocycles. The lowest BCUT2D eigenvalue weighted by molar-refractivity contribution is 0.0937. The summed E-state index contributed by atoms with van der Waals surface area (Å²) >= 11 is 0. The normalized spacial score (nSPS) is 11.8. The number of aryl methyl sites for hydroxylation is 1. The molecule has 0 radical (unpaired) electrons. The zero-order valence-electron chi connectivity index (χ0n) is 15.5. The fourth-order valence-electron chi connectivity index (χ4n) is 2.86. The molecule has 1 aromatic carbocycles. The summed E-state index contributed by atoms with van der Waals surface area (Å²) in [4.78, 5) is 21.1. The number of ether oxygens (including phenoxy) is 1. The number of nitrogen functional groups attached to an aromatic ring is 1. The number of aromatic nitrogens is 4. The van der Waals surface area contributed by atoms with Crippen LogP contribution < -0.4 is 15.8 Å². The second-order valence-corrected chi connectivity index (χ2v) is 5.99. The van der Waals surface area contributed by atoms with Gasteiger partial charge in [0.05, 0.1) is 18.8 Å². The third kappa shape index (κ3) is 3.74. The molecule has 0 spiro atoms. The molecule has 0 aliphatic rings. The van der Waals surface area contributed by atoms with Crippen LogP contribution in [0.25, 0.3) is 11.3 Å². The van der Waals surface area contributed by atoms with Crippen molar-refractivity contribution in [2.24, 2.45) is 0 Å². The Morgan fingerprint density at radius 2 is 2.00 bits per heavy atom. The van der Waals surface area contributed by atoms with Gasteiger partial charge in [0, 0.05) is 23.9 Å². The number of hydrogen-bond acceptors (Lipinski definition) is 6. The van der Waals surface area contributed by atoms with Gasteiger partial charge >= 0.3 is 0 Å². The molecule has 3 rings (SSSR count). The number of hydrogen-bond donors (Lipinski definition) is 2. The van der Waals surface area contributed by atoms with Crippen molar-refractivity contribution in [2.75, 3.05) is 12.8 Å². The van der Waals surface area contributed by atoms with Crippen molar-refractivity contribution in [1.29, 1.82) is 0 Å². The van der Waals surface area contributed by atoms with Gasteiger partial charge < -0.3 is 15.8 Å². The number of amides is 1. The first kappa shape index (κ1) is 18.4. The Kier molecular flexibility index (Phi) is 5.35. The van der Waals surface area contributed by atoms with Crippen LogP contribution in [0.1, 0.15) is 36.1 Å². The van der Waals surface area contributed by atoms with E-state index in [1.165, 1.54) is 6.33 Å². The van der Waals surface area contributed by atoms with Gasteiger partial charge in [-0.3, -0.25) is 9.78 Å². The second kappa shape index (κ2) is 7.86. The number of anilines is 1. The minimum atomic E-state index is -0.254. The summed E-state index contributed by atoms with van der Waals surface area (Å²) in [6, 6.07) is 8.55. The summed E-state index contributed by atoms with van der Waals surface area (Å²) in [7, 11) is 1.55. The molecule has 0 aliphatic carbocycles. The van der Waals surface area contributed by atoms with E-state index in [0.717, 1.165) is 11.4 Å². The molecule has 140 valence electrons. The van der Waals surface area contributed by atoms with E-state index in [9.17, 15) is 4.79 Å². The number of methoxy groups -OCH3 is 1. The first-order valence-electron chi connectivity index (χ1n) is 8.62. The fourth-order valence-corrected chi connectivity index (χ4v) is 2.86. The Hall–Kier alpha value is -3.42. The molecule has 8 heteroatoms. The number of nitrogens with one attached hydrogen (secondary N) is 1. The highest BCUT2D eigenvalue weighted by Gasteiger charge is 2.17. The highest BCUT2D eigenvalue weighted by Crippen LogP contribution is 2.32. The Morgan fingerprint density at radius 3 is 2.67 bits per heavy atom. The van der Waals surface area contributed by atoms with E-state index in [-0.39, 0.29) is 11.9 Å². The predicted octanol–water partition coefficient (Wildman–Crippen LogP) is 2.44. The van der Waals surface area contributed by atoms with Crippen molar-refractivity contribution >= 4 is 11.6 Å². The minimum absolute atomic E-state index is 0.188. The summed E-state index contributed by atoms with van der Waals surface area (Å²) in [5.74, 6) is 1.05. The zero-order valence-corrected chi connectivity index (χ0v) is 15.5. The van der Waals surface area contributed by atoms with E-state index in [0.29, 0.717) is 29.2 Å². The summed E-state index contributed by atoms with van der Waals surface area (Å²) in [6.45, 7) is 4.55. The number of carbonyl (C=O) groups excluding carboxylic acids is 1. The molecule has 0 bridgehead atoms. The number of nitrogens with zero attached hydrogens (tertiary/aromatic N) is 4. The van der Waals surface area contributed by atoms with Gasteiger partial charge in [-0.25, -0.2) is 9.67 Å². The van der Waals surface area contributed by atoms with Crippen LogP contribution in [0.3, 0.4) is 0 Å². The quantitative estimate of drug-likeness (QED) is 0.694. The van der Waals surface area contributed by atoms with Crippen molar-refractivity contribution in [2.45, 2.75) is 26.4 Å². The van der Waals surface area contributed by atoms with Crippen LogP contribution in [-0.4, -0.2) is 32.8 Å². The van der Waals surface area contributed by atoms with Crippen LogP contribution >= 0.6 is 0 Å². The monoisotopic (exact) mass is 366 g/mol. The summed E-state index contributed by atoms with van der Waals surface area (Å²) in [5.41, 5.74) is 8.43. The molecular weight excluding hydrogens is 344 g/mol. The molecule has 27 heavy (non-hydrogen) atoms. The standard InChI is InChI=1S/C19H22N6O2/c1-4-25-18(22-11-23-25)12(2)24-19(26)14-7-5-13(6-8-14)16-17(27-3)15(20)9-10-21-16/h5-12H,4H2,1-3H3,(H2,20,21)(H,24,26). The van der Waals surface area contributed by atoms with Gasteiger partial charge in [-0.1, -0.05) is 12.1 Å². The molecule has 3 N–H and O–H groups in total. The molecular formula is C19H22N6O2. The van der Waals surface area contributed by atoms with Crippen LogP contribution in [0.15, 0.2) is 42.9 Å².